The molecule has 0 amide bonds. The molecule has 1 aromatic rings. The van der Waals surface area contributed by atoms with Crippen LogP contribution >= 0.6 is 0 Å². The van der Waals surface area contributed by atoms with Crippen molar-refractivity contribution in [1.82, 2.24) is 0 Å². The van der Waals surface area contributed by atoms with E-state index in [0.717, 1.165) is 18.6 Å². The van der Waals surface area contributed by atoms with Gasteiger partial charge >= 0.3 is 0 Å². The zero-order valence-corrected chi connectivity index (χ0v) is 8.42. The number of nitrogens with two attached hydrogens (primary N) is 1. The summed E-state index contributed by atoms with van der Waals surface area (Å²) in [6.07, 6.45) is 2.11. The number of rotatable bonds is 5. The predicted octanol–water partition coefficient (Wildman–Crippen LogP) is 2.13. The summed E-state index contributed by atoms with van der Waals surface area (Å²) in [5, 5.41) is 8.58. The summed E-state index contributed by atoms with van der Waals surface area (Å²) in [6.45, 7) is 0.129. The summed E-state index contributed by atoms with van der Waals surface area (Å²) in [5.41, 5.74) is 6.37. The first-order chi connectivity index (χ1) is 7.15. The van der Waals surface area contributed by atoms with Crippen LogP contribution < -0.4 is 5.73 Å². The van der Waals surface area contributed by atoms with Crippen LogP contribution in [-0.2, 0) is 0 Å². The fraction of sp³-hybridized carbons (Fsp3) is 0.455. The van der Waals surface area contributed by atoms with E-state index >= 15 is 0 Å². The molecule has 0 radical (unpaired) electrons. The van der Waals surface area contributed by atoms with Gasteiger partial charge < -0.3 is 10.8 Å². The quantitative estimate of drug-likeness (QED) is 0.739. The van der Waals surface area contributed by atoms with Gasteiger partial charge in [-0.25, -0.2) is 8.78 Å². The van der Waals surface area contributed by atoms with Gasteiger partial charge in [0.1, 0.15) is 0 Å². The lowest BCUT2D eigenvalue weighted by atomic mass is 10.0. The molecule has 0 heterocycles. The third kappa shape index (κ3) is 3.57. The number of unbranched alkanes of at least 4 members (excludes halogenated alkanes) is 1. The molecule has 1 atom stereocenters. The van der Waals surface area contributed by atoms with Crippen molar-refractivity contribution < 1.29 is 13.9 Å². The Morgan fingerprint density at radius 1 is 1.20 bits per heavy atom. The van der Waals surface area contributed by atoms with Crippen LogP contribution in [0.1, 0.15) is 30.9 Å². The van der Waals surface area contributed by atoms with Crippen LogP contribution in [-0.4, -0.2) is 11.7 Å². The van der Waals surface area contributed by atoms with E-state index in [-0.39, 0.29) is 12.6 Å². The summed E-state index contributed by atoms with van der Waals surface area (Å²) in [5.74, 6) is -1.73. The Morgan fingerprint density at radius 2 is 1.93 bits per heavy atom. The van der Waals surface area contributed by atoms with Gasteiger partial charge in [-0.3, -0.25) is 0 Å². The van der Waals surface area contributed by atoms with E-state index in [1.165, 1.54) is 6.07 Å². The second-order valence-electron chi connectivity index (χ2n) is 3.50. The topological polar surface area (TPSA) is 46.2 Å². The average molecular weight is 215 g/mol. The average Bonchev–Trinajstić information content (AvgIpc) is 2.22. The number of aliphatic hydroxyl groups is 1. The van der Waals surface area contributed by atoms with E-state index in [4.69, 9.17) is 10.8 Å². The van der Waals surface area contributed by atoms with Gasteiger partial charge in [-0.05, 0) is 37.0 Å². The van der Waals surface area contributed by atoms with Gasteiger partial charge in [-0.1, -0.05) is 6.07 Å². The molecule has 84 valence electrons. The normalized spacial score (nSPS) is 12.8. The summed E-state index contributed by atoms with van der Waals surface area (Å²) in [4.78, 5) is 0. The summed E-state index contributed by atoms with van der Waals surface area (Å²) >= 11 is 0. The number of benzene rings is 1. The van der Waals surface area contributed by atoms with Crippen molar-refractivity contribution >= 4 is 0 Å². The molecule has 4 heteroatoms. The second-order valence-corrected chi connectivity index (χ2v) is 3.50. The van der Waals surface area contributed by atoms with Gasteiger partial charge in [0.15, 0.2) is 11.6 Å². The number of aliphatic hydroxyl groups excluding tert-OH is 1. The molecule has 0 aliphatic heterocycles. The molecule has 1 unspecified atom stereocenters. The smallest absolute Gasteiger partial charge is 0.159 e. The van der Waals surface area contributed by atoms with Crippen LogP contribution in [0.25, 0.3) is 0 Å². The molecule has 1 rings (SSSR count). The van der Waals surface area contributed by atoms with Crippen LogP contribution in [0.2, 0.25) is 0 Å². The van der Waals surface area contributed by atoms with Crippen molar-refractivity contribution in [1.29, 1.82) is 0 Å². The van der Waals surface area contributed by atoms with E-state index in [1.54, 1.807) is 0 Å². The molecular formula is C11H15F2NO. The lowest BCUT2D eigenvalue weighted by Gasteiger charge is -2.11. The summed E-state index contributed by atoms with van der Waals surface area (Å²) in [6, 6.07) is 3.39. The molecule has 0 aliphatic carbocycles. The molecule has 0 spiro atoms. The molecule has 0 aromatic heterocycles. The van der Waals surface area contributed by atoms with Crippen molar-refractivity contribution in [3.63, 3.8) is 0 Å². The maximum Gasteiger partial charge on any atom is 0.159 e. The molecular weight excluding hydrogens is 200 g/mol. The van der Waals surface area contributed by atoms with Gasteiger partial charge in [0, 0.05) is 12.6 Å². The van der Waals surface area contributed by atoms with E-state index < -0.39 is 11.6 Å². The lowest BCUT2D eigenvalue weighted by Crippen LogP contribution is -2.10. The van der Waals surface area contributed by atoms with Gasteiger partial charge in [-0.2, -0.15) is 0 Å². The lowest BCUT2D eigenvalue weighted by molar-refractivity contribution is 0.281. The van der Waals surface area contributed by atoms with Crippen LogP contribution in [0.5, 0.6) is 0 Å². The van der Waals surface area contributed by atoms with Gasteiger partial charge in [0.05, 0.1) is 0 Å². The van der Waals surface area contributed by atoms with Crippen molar-refractivity contribution in [2.24, 2.45) is 5.73 Å². The van der Waals surface area contributed by atoms with E-state index in [1.807, 2.05) is 0 Å². The number of hydrogen-bond acceptors (Lipinski definition) is 2. The SMILES string of the molecule is NC(CCCCO)c1ccc(F)c(F)c1. The largest absolute Gasteiger partial charge is 0.396 e. The third-order valence-corrected chi connectivity index (χ3v) is 2.30. The monoisotopic (exact) mass is 215 g/mol. The third-order valence-electron chi connectivity index (χ3n) is 2.30. The highest BCUT2D eigenvalue weighted by atomic mass is 19.2. The van der Waals surface area contributed by atoms with E-state index in [2.05, 4.69) is 0 Å². The highest BCUT2D eigenvalue weighted by Crippen LogP contribution is 2.18. The zero-order valence-electron chi connectivity index (χ0n) is 8.42. The maximum absolute atomic E-state index is 12.9. The molecule has 0 bridgehead atoms. The van der Waals surface area contributed by atoms with Crippen molar-refractivity contribution in [3.05, 3.63) is 35.4 Å². The molecule has 0 aliphatic rings. The Balaban J connectivity index is 2.57. The Morgan fingerprint density at radius 3 is 2.53 bits per heavy atom. The first-order valence-corrected chi connectivity index (χ1v) is 4.96. The first kappa shape index (κ1) is 12.1. The van der Waals surface area contributed by atoms with Crippen LogP contribution in [0, 0.1) is 11.6 Å². The second kappa shape index (κ2) is 5.78. The van der Waals surface area contributed by atoms with E-state index in [9.17, 15) is 8.78 Å². The Labute approximate surface area is 87.7 Å². The summed E-state index contributed by atoms with van der Waals surface area (Å²) < 4.78 is 25.5. The minimum atomic E-state index is -0.870. The van der Waals surface area contributed by atoms with Crippen molar-refractivity contribution in [3.8, 4) is 0 Å². The minimum Gasteiger partial charge on any atom is -0.396 e. The molecule has 3 N–H and O–H groups in total. The predicted molar refractivity (Wildman–Crippen MR) is 54.2 cm³/mol. The fourth-order valence-corrected chi connectivity index (χ4v) is 1.39. The molecule has 0 fully saturated rings. The van der Waals surface area contributed by atoms with E-state index in [0.29, 0.717) is 18.4 Å². The minimum absolute atomic E-state index is 0.129. The van der Waals surface area contributed by atoms with Crippen molar-refractivity contribution in [2.75, 3.05) is 6.61 Å². The van der Waals surface area contributed by atoms with Crippen LogP contribution in [0.3, 0.4) is 0 Å². The molecule has 2 nitrogen and oxygen atoms in total. The van der Waals surface area contributed by atoms with Crippen molar-refractivity contribution in [2.45, 2.75) is 25.3 Å². The number of hydrogen-bond donors (Lipinski definition) is 2. The van der Waals surface area contributed by atoms with Crippen LogP contribution in [0.4, 0.5) is 8.78 Å². The van der Waals surface area contributed by atoms with Gasteiger partial charge in [-0.15, -0.1) is 0 Å². The summed E-state index contributed by atoms with van der Waals surface area (Å²) in [7, 11) is 0. The highest BCUT2D eigenvalue weighted by molar-refractivity contribution is 5.20. The van der Waals surface area contributed by atoms with Gasteiger partial charge in [0.2, 0.25) is 0 Å². The number of halogens is 2. The molecule has 0 saturated heterocycles. The molecule has 0 saturated carbocycles. The molecule has 15 heavy (non-hydrogen) atoms. The fourth-order valence-electron chi connectivity index (χ4n) is 1.39. The Hall–Kier alpha value is -1.00. The zero-order chi connectivity index (χ0) is 11.3. The Kier molecular flexibility index (Phi) is 4.65. The highest BCUT2D eigenvalue weighted by Gasteiger charge is 2.09. The van der Waals surface area contributed by atoms with Gasteiger partial charge in [0.25, 0.3) is 0 Å². The van der Waals surface area contributed by atoms with Crippen LogP contribution in [0.15, 0.2) is 18.2 Å². The molecule has 1 aromatic carbocycles. The standard InChI is InChI=1S/C11H15F2NO/c12-9-5-4-8(7-10(9)13)11(14)3-1-2-6-15/h4-5,7,11,15H,1-3,6,14H2. The Bertz CT molecular complexity index is 317. The maximum atomic E-state index is 12.9. The first-order valence-electron chi connectivity index (χ1n) is 4.96.